The number of anilines is 1. The van der Waals surface area contributed by atoms with Gasteiger partial charge >= 0.3 is 12.1 Å². The van der Waals surface area contributed by atoms with Crippen molar-refractivity contribution in [2.75, 3.05) is 4.90 Å². The Morgan fingerprint density at radius 3 is 2.37 bits per heavy atom. The molecule has 0 aromatic heterocycles. The largest absolute Gasteiger partial charge is 0.480 e. The van der Waals surface area contributed by atoms with Crippen molar-refractivity contribution in [1.29, 1.82) is 0 Å². The second kappa shape index (κ2) is 9.96. The van der Waals surface area contributed by atoms with Crippen molar-refractivity contribution in [1.82, 2.24) is 5.32 Å². The van der Waals surface area contributed by atoms with E-state index in [1.807, 2.05) is 0 Å². The lowest BCUT2D eigenvalue weighted by Crippen LogP contribution is -2.57. The van der Waals surface area contributed by atoms with Crippen LogP contribution in [-0.2, 0) is 27.0 Å². The molecule has 13 heteroatoms. The Hall–Kier alpha value is -4.29. The first-order chi connectivity index (χ1) is 19.2. The number of benzene rings is 3. The Balaban J connectivity index is 1.66. The number of carboxylic acid groups (broad SMARTS) is 1. The number of alkyl halides is 3. The molecule has 5 rings (SSSR count). The molecule has 4 unspecified atom stereocenters. The van der Waals surface area contributed by atoms with Crippen molar-refractivity contribution in [2.45, 2.75) is 31.1 Å². The van der Waals surface area contributed by atoms with E-state index in [4.69, 9.17) is 11.6 Å². The van der Waals surface area contributed by atoms with E-state index in [0.717, 1.165) is 23.1 Å². The SMILES string of the molecule is Cc1ccc(N2C(=O)C3C(c4cccc(C(F)(F)F)c4)NC(Cc4ccc([N+](=O)[O-])cc4)(C(=O)O)C3C2=O)cc1Cl. The topological polar surface area (TPSA) is 130 Å². The number of nitro groups is 1. The van der Waals surface area contributed by atoms with E-state index in [1.165, 1.54) is 42.5 Å². The highest BCUT2D eigenvalue weighted by Gasteiger charge is 2.68. The van der Waals surface area contributed by atoms with Crippen molar-refractivity contribution in [3.05, 3.63) is 104 Å². The zero-order valence-electron chi connectivity index (χ0n) is 21.2. The molecule has 0 saturated carbocycles. The zero-order chi connectivity index (χ0) is 29.9. The summed E-state index contributed by atoms with van der Waals surface area (Å²) in [5, 5.41) is 24.7. The summed E-state index contributed by atoms with van der Waals surface area (Å²) >= 11 is 6.23. The summed E-state index contributed by atoms with van der Waals surface area (Å²) in [6.45, 7) is 1.71. The molecule has 9 nitrogen and oxygen atoms in total. The Morgan fingerprint density at radius 2 is 1.78 bits per heavy atom. The molecule has 0 aliphatic carbocycles. The summed E-state index contributed by atoms with van der Waals surface area (Å²) in [6.07, 6.45) is -5.10. The molecule has 3 aromatic carbocycles. The van der Waals surface area contributed by atoms with Crippen molar-refractivity contribution in [3.63, 3.8) is 0 Å². The standard InChI is InChI=1S/C28H21ClF3N3O6/c1-14-5-8-19(12-20(14)29)34-24(36)21-22(25(34)37)27(26(38)39,13-15-6-9-18(10-7-15)35(40)41)33-23(21)16-3-2-4-17(11-16)28(30,31)32/h2-12,21-23,33H,13H2,1H3,(H,38,39). The van der Waals surface area contributed by atoms with Gasteiger partial charge in [-0.15, -0.1) is 0 Å². The van der Waals surface area contributed by atoms with E-state index in [-0.39, 0.29) is 22.0 Å². The fourth-order valence-corrected chi connectivity index (χ4v) is 5.84. The average Bonchev–Trinajstić information content (AvgIpc) is 3.39. The van der Waals surface area contributed by atoms with Crippen LogP contribution in [0.5, 0.6) is 0 Å². The fourth-order valence-electron chi connectivity index (χ4n) is 5.67. The predicted octanol–water partition coefficient (Wildman–Crippen LogP) is 5.09. The van der Waals surface area contributed by atoms with Crippen LogP contribution in [0.3, 0.4) is 0 Å². The van der Waals surface area contributed by atoms with Gasteiger partial charge in [-0.25, -0.2) is 4.90 Å². The van der Waals surface area contributed by atoms with Crippen LogP contribution in [0.1, 0.15) is 28.3 Å². The van der Waals surface area contributed by atoms with Gasteiger partial charge in [0.05, 0.1) is 28.0 Å². The number of hydrogen-bond donors (Lipinski definition) is 2. The lowest BCUT2D eigenvalue weighted by molar-refractivity contribution is -0.384. The molecule has 3 aromatic rings. The molecule has 2 aliphatic rings. The molecule has 2 N–H and O–H groups in total. The third-order valence-corrected chi connectivity index (χ3v) is 8.06. The molecule has 2 amide bonds. The third-order valence-electron chi connectivity index (χ3n) is 7.65. The Labute approximate surface area is 235 Å². The molecule has 2 saturated heterocycles. The summed E-state index contributed by atoms with van der Waals surface area (Å²) in [7, 11) is 0. The fraction of sp³-hybridized carbons (Fsp3) is 0.250. The molecule has 0 spiro atoms. The van der Waals surface area contributed by atoms with Gasteiger partial charge in [-0.1, -0.05) is 41.9 Å². The first-order valence-corrected chi connectivity index (χ1v) is 12.7. The lowest BCUT2D eigenvalue weighted by atomic mass is 9.76. The number of aliphatic carboxylic acids is 1. The van der Waals surface area contributed by atoms with E-state index >= 15 is 0 Å². The minimum Gasteiger partial charge on any atom is -0.480 e. The number of carboxylic acids is 1. The van der Waals surface area contributed by atoms with Gasteiger partial charge in [-0.05, 0) is 47.9 Å². The zero-order valence-corrected chi connectivity index (χ0v) is 21.9. The number of carbonyl (C=O) groups is 3. The van der Waals surface area contributed by atoms with E-state index in [0.29, 0.717) is 11.1 Å². The molecular formula is C28H21ClF3N3O6. The van der Waals surface area contributed by atoms with Crippen molar-refractivity contribution in [2.24, 2.45) is 11.8 Å². The molecule has 212 valence electrons. The molecule has 0 bridgehead atoms. The number of non-ortho nitro benzene ring substituents is 1. The van der Waals surface area contributed by atoms with Crippen LogP contribution in [0, 0.1) is 28.9 Å². The molecule has 4 atom stereocenters. The van der Waals surface area contributed by atoms with Crippen LogP contribution in [-0.4, -0.2) is 33.4 Å². The summed E-state index contributed by atoms with van der Waals surface area (Å²) in [5.41, 5.74) is -2.35. The number of nitrogens with zero attached hydrogens (tertiary/aromatic N) is 2. The van der Waals surface area contributed by atoms with Crippen LogP contribution in [0.15, 0.2) is 66.7 Å². The van der Waals surface area contributed by atoms with Gasteiger partial charge in [0, 0.05) is 29.6 Å². The highest BCUT2D eigenvalue weighted by molar-refractivity contribution is 6.32. The number of halogens is 4. The number of nitrogens with one attached hydrogen (secondary N) is 1. The summed E-state index contributed by atoms with van der Waals surface area (Å²) in [6, 6.07) is 12.3. The Kier molecular flexibility index (Phi) is 6.86. The number of hydrogen-bond acceptors (Lipinski definition) is 6. The molecule has 2 aliphatic heterocycles. The molecular weight excluding hydrogens is 567 g/mol. The van der Waals surface area contributed by atoms with Crippen LogP contribution in [0.25, 0.3) is 0 Å². The van der Waals surface area contributed by atoms with Gasteiger partial charge in [0.1, 0.15) is 5.54 Å². The number of aryl methyl sites for hydroxylation is 1. The maximum Gasteiger partial charge on any atom is 0.416 e. The number of carbonyl (C=O) groups excluding carboxylic acids is 2. The second-order valence-corrected chi connectivity index (χ2v) is 10.5. The minimum atomic E-state index is -4.71. The average molecular weight is 588 g/mol. The lowest BCUT2D eigenvalue weighted by Gasteiger charge is -2.31. The van der Waals surface area contributed by atoms with Crippen molar-refractivity contribution >= 4 is 40.8 Å². The number of rotatable bonds is 6. The summed E-state index contributed by atoms with van der Waals surface area (Å²) in [5.74, 6) is -6.05. The number of amides is 2. The maximum absolute atomic E-state index is 13.9. The monoisotopic (exact) mass is 587 g/mol. The highest BCUT2D eigenvalue weighted by atomic mass is 35.5. The predicted molar refractivity (Wildman–Crippen MR) is 140 cm³/mol. The van der Waals surface area contributed by atoms with Gasteiger partial charge in [0.2, 0.25) is 11.8 Å². The highest BCUT2D eigenvalue weighted by Crippen LogP contribution is 2.51. The van der Waals surface area contributed by atoms with E-state index in [2.05, 4.69) is 5.32 Å². The molecule has 41 heavy (non-hydrogen) atoms. The Morgan fingerprint density at radius 1 is 1.10 bits per heavy atom. The first-order valence-electron chi connectivity index (χ1n) is 12.3. The van der Waals surface area contributed by atoms with Crippen LogP contribution < -0.4 is 10.2 Å². The van der Waals surface area contributed by atoms with Crippen LogP contribution in [0.2, 0.25) is 5.02 Å². The minimum absolute atomic E-state index is 0.0217. The van der Waals surface area contributed by atoms with Gasteiger partial charge in [0.15, 0.2) is 0 Å². The van der Waals surface area contributed by atoms with E-state index in [9.17, 15) is 42.8 Å². The van der Waals surface area contributed by atoms with Gasteiger partial charge in [0.25, 0.3) is 5.69 Å². The number of nitro benzene ring substituents is 1. The molecule has 2 heterocycles. The molecule has 0 radical (unpaired) electrons. The smallest absolute Gasteiger partial charge is 0.416 e. The van der Waals surface area contributed by atoms with Crippen LogP contribution >= 0.6 is 11.6 Å². The quantitative estimate of drug-likeness (QED) is 0.233. The summed E-state index contributed by atoms with van der Waals surface area (Å²) < 4.78 is 40.7. The van der Waals surface area contributed by atoms with E-state index < -0.39 is 64.3 Å². The summed E-state index contributed by atoms with van der Waals surface area (Å²) in [4.78, 5) is 52.1. The first kappa shape index (κ1) is 28.2. The van der Waals surface area contributed by atoms with Gasteiger partial charge < -0.3 is 5.11 Å². The van der Waals surface area contributed by atoms with Crippen molar-refractivity contribution in [3.8, 4) is 0 Å². The number of fused-ring (bicyclic) bond motifs is 1. The molecule has 2 fully saturated rings. The number of imide groups is 1. The maximum atomic E-state index is 13.9. The van der Waals surface area contributed by atoms with Crippen LogP contribution in [0.4, 0.5) is 24.5 Å². The normalized spacial score (nSPS) is 24.0. The van der Waals surface area contributed by atoms with Gasteiger partial charge in [-0.2, -0.15) is 13.2 Å². The van der Waals surface area contributed by atoms with Gasteiger partial charge in [-0.3, -0.25) is 29.8 Å². The van der Waals surface area contributed by atoms with E-state index in [1.54, 1.807) is 13.0 Å². The Bertz CT molecular complexity index is 1600. The second-order valence-electron chi connectivity index (χ2n) is 10.1. The van der Waals surface area contributed by atoms with Crippen molar-refractivity contribution < 1.29 is 37.6 Å². The third kappa shape index (κ3) is 4.72.